The Bertz CT molecular complexity index is 198. The molecule has 0 radical (unpaired) electrons. The molecule has 0 spiro atoms. The van der Waals surface area contributed by atoms with Gasteiger partial charge in [0.25, 0.3) is 0 Å². The normalized spacial score (nSPS) is 16.8. The molecule has 1 aliphatic rings. The van der Waals surface area contributed by atoms with Crippen LogP contribution in [0.4, 0.5) is 0 Å². The van der Waals surface area contributed by atoms with Crippen LogP contribution in [-0.4, -0.2) is 37.0 Å². The van der Waals surface area contributed by atoms with E-state index in [2.05, 4.69) is 19.2 Å². The van der Waals surface area contributed by atoms with Crippen LogP contribution in [0.2, 0.25) is 0 Å². The van der Waals surface area contributed by atoms with Crippen molar-refractivity contribution in [1.82, 2.24) is 10.2 Å². The molecule has 0 saturated carbocycles. The molecule has 3 heteroatoms. The minimum atomic E-state index is 0.353. The minimum Gasteiger partial charge on any atom is -0.340 e. The molecule has 0 aromatic heterocycles. The predicted octanol–water partition coefficient (Wildman–Crippen LogP) is 2.02. The van der Waals surface area contributed by atoms with Gasteiger partial charge in [-0.2, -0.15) is 0 Å². The standard InChI is InChI=1S/C13H26N2O/c1-12(2)6-4-3-5-7-13(16)15-10-8-14-9-11-15/h12,14H,3-11H2,1-2H3. The molecule has 0 atom stereocenters. The van der Waals surface area contributed by atoms with Crippen molar-refractivity contribution in [2.75, 3.05) is 26.2 Å². The van der Waals surface area contributed by atoms with Crippen molar-refractivity contribution in [2.45, 2.75) is 46.0 Å². The van der Waals surface area contributed by atoms with E-state index in [9.17, 15) is 4.79 Å². The molecule has 3 nitrogen and oxygen atoms in total. The summed E-state index contributed by atoms with van der Waals surface area (Å²) in [6, 6.07) is 0. The molecule has 0 unspecified atom stereocenters. The first kappa shape index (κ1) is 13.5. The second-order valence-corrected chi connectivity index (χ2v) is 5.12. The molecule has 0 aliphatic carbocycles. The Morgan fingerprint density at radius 2 is 1.88 bits per heavy atom. The van der Waals surface area contributed by atoms with Crippen molar-refractivity contribution in [3.63, 3.8) is 0 Å². The highest BCUT2D eigenvalue weighted by Crippen LogP contribution is 2.10. The van der Waals surface area contributed by atoms with Gasteiger partial charge in [0.15, 0.2) is 0 Å². The predicted molar refractivity (Wildman–Crippen MR) is 67.4 cm³/mol. The smallest absolute Gasteiger partial charge is 0.222 e. The molecule has 1 saturated heterocycles. The molecule has 1 rings (SSSR count). The van der Waals surface area contributed by atoms with Crippen molar-refractivity contribution >= 4 is 5.91 Å². The third kappa shape index (κ3) is 5.50. The first-order valence-electron chi connectivity index (χ1n) is 6.68. The third-order valence-electron chi connectivity index (χ3n) is 3.14. The van der Waals surface area contributed by atoms with Crippen LogP contribution in [0.15, 0.2) is 0 Å². The van der Waals surface area contributed by atoms with Crippen LogP contribution in [0.1, 0.15) is 46.0 Å². The second-order valence-electron chi connectivity index (χ2n) is 5.12. The number of hydrogen-bond acceptors (Lipinski definition) is 2. The first-order chi connectivity index (χ1) is 7.70. The summed E-state index contributed by atoms with van der Waals surface area (Å²) >= 11 is 0. The lowest BCUT2D eigenvalue weighted by Crippen LogP contribution is -2.46. The highest BCUT2D eigenvalue weighted by atomic mass is 16.2. The summed E-state index contributed by atoms with van der Waals surface area (Å²) in [4.78, 5) is 13.8. The number of nitrogens with one attached hydrogen (secondary N) is 1. The molecule has 16 heavy (non-hydrogen) atoms. The Labute approximate surface area is 99.6 Å². The monoisotopic (exact) mass is 226 g/mol. The molecule has 1 N–H and O–H groups in total. The lowest BCUT2D eigenvalue weighted by atomic mass is 10.0. The molecular weight excluding hydrogens is 200 g/mol. The summed E-state index contributed by atoms with van der Waals surface area (Å²) in [7, 11) is 0. The highest BCUT2D eigenvalue weighted by molar-refractivity contribution is 5.76. The molecule has 1 fully saturated rings. The summed E-state index contributed by atoms with van der Waals surface area (Å²) in [5.41, 5.74) is 0. The van der Waals surface area contributed by atoms with E-state index in [0.717, 1.165) is 44.9 Å². The molecule has 1 amide bonds. The summed E-state index contributed by atoms with van der Waals surface area (Å²) in [6.45, 7) is 8.21. The zero-order valence-electron chi connectivity index (χ0n) is 10.8. The molecule has 94 valence electrons. The van der Waals surface area contributed by atoms with Crippen molar-refractivity contribution in [3.8, 4) is 0 Å². The largest absolute Gasteiger partial charge is 0.340 e. The van der Waals surface area contributed by atoms with Gasteiger partial charge >= 0.3 is 0 Å². The number of rotatable bonds is 6. The highest BCUT2D eigenvalue weighted by Gasteiger charge is 2.14. The van der Waals surface area contributed by atoms with Crippen molar-refractivity contribution < 1.29 is 4.79 Å². The Balaban J connectivity index is 2.01. The van der Waals surface area contributed by atoms with Gasteiger partial charge in [-0.1, -0.05) is 33.1 Å². The van der Waals surface area contributed by atoms with Gasteiger partial charge in [-0.15, -0.1) is 0 Å². The number of nitrogens with zero attached hydrogens (tertiary/aromatic N) is 1. The number of amides is 1. The molecule has 0 bridgehead atoms. The van der Waals surface area contributed by atoms with Crippen LogP contribution in [0.3, 0.4) is 0 Å². The maximum absolute atomic E-state index is 11.8. The van der Waals surface area contributed by atoms with E-state index in [1.165, 1.54) is 19.3 Å². The fraction of sp³-hybridized carbons (Fsp3) is 0.923. The van der Waals surface area contributed by atoms with Gasteiger partial charge in [-0.25, -0.2) is 0 Å². The van der Waals surface area contributed by atoms with E-state index in [-0.39, 0.29) is 0 Å². The Kier molecular flexibility index (Phi) is 6.46. The topological polar surface area (TPSA) is 32.3 Å². The Hall–Kier alpha value is -0.570. The average Bonchev–Trinajstić information content (AvgIpc) is 2.29. The first-order valence-corrected chi connectivity index (χ1v) is 6.68. The van der Waals surface area contributed by atoms with Crippen molar-refractivity contribution in [3.05, 3.63) is 0 Å². The van der Waals surface area contributed by atoms with Crippen LogP contribution in [0.25, 0.3) is 0 Å². The Morgan fingerprint density at radius 3 is 2.50 bits per heavy atom. The number of piperazine rings is 1. The van der Waals surface area contributed by atoms with Gasteiger partial charge < -0.3 is 10.2 Å². The maximum atomic E-state index is 11.8. The van der Waals surface area contributed by atoms with Crippen LogP contribution < -0.4 is 5.32 Å². The summed E-state index contributed by atoms with van der Waals surface area (Å²) < 4.78 is 0. The van der Waals surface area contributed by atoms with Gasteiger partial charge in [-0.05, 0) is 12.3 Å². The van der Waals surface area contributed by atoms with E-state index < -0.39 is 0 Å². The van der Waals surface area contributed by atoms with Crippen LogP contribution in [-0.2, 0) is 4.79 Å². The third-order valence-corrected chi connectivity index (χ3v) is 3.14. The summed E-state index contributed by atoms with van der Waals surface area (Å²) in [5, 5.41) is 3.26. The Morgan fingerprint density at radius 1 is 1.19 bits per heavy atom. The second kappa shape index (κ2) is 7.66. The quantitative estimate of drug-likeness (QED) is 0.703. The van der Waals surface area contributed by atoms with Gasteiger partial charge in [0.1, 0.15) is 0 Å². The minimum absolute atomic E-state index is 0.353. The molecule has 1 aliphatic heterocycles. The number of carbonyl (C=O) groups excluding carboxylic acids is 1. The lowest BCUT2D eigenvalue weighted by molar-refractivity contribution is -0.131. The van der Waals surface area contributed by atoms with E-state index in [1.54, 1.807) is 0 Å². The summed E-state index contributed by atoms with van der Waals surface area (Å²) in [6.07, 6.45) is 5.58. The van der Waals surface area contributed by atoms with Crippen LogP contribution >= 0.6 is 0 Å². The fourth-order valence-corrected chi connectivity index (χ4v) is 2.08. The van der Waals surface area contributed by atoms with Crippen LogP contribution in [0.5, 0.6) is 0 Å². The average molecular weight is 226 g/mol. The molecule has 0 aromatic carbocycles. The van der Waals surface area contributed by atoms with E-state index >= 15 is 0 Å². The van der Waals surface area contributed by atoms with Crippen molar-refractivity contribution in [1.29, 1.82) is 0 Å². The molecular formula is C13H26N2O. The van der Waals surface area contributed by atoms with Crippen LogP contribution in [0, 0.1) is 5.92 Å². The zero-order chi connectivity index (χ0) is 11.8. The zero-order valence-corrected chi connectivity index (χ0v) is 10.8. The van der Waals surface area contributed by atoms with Gasteiger partial charge in [-0.3, -0.25) is 4.79 Å². The van der Waals surface area contributed by atoms with E-state index in [0.29, 0.717) is 5.91 Å². The van der Waals surface area contributed by atoms with Gasteiger partial charge in [0.05, 0.1) is 0 Å². The summed E-state index contributed by atoms with van der Waals surface area (Å²) in [5.74, 6) is 1.15. The van der Waals surface area contributed by atoms with Crippen molar-refractivity contribution in [2.24, 2.45) is 5.92 Å². The van der Waals surface area contributed by atoms with E-state index in [1.807, 2.05) is 4.90 Å². The number of unbranched alkanes of at least 4 members (excludes halogenated alkanes) is 2. The van der Waals surface area contributed by atoms with Gasteiger partial charge in [0.2, 0.25) is 5.91 Å². The lowest BCUT2D eigenvalue weighted by Gasteiger charge is -2.27. The molecule has 1 heterocycles. The van der Waals surface area contributed by atoms with E-state index in [4.69, 9.17) is 0 Å². The fourth-order valence-electron chi connectivity index (χ4n) is 2.08. The van der Waals surface area contributed by atoms with Gasteiger partial charge in [0, 0.05) is 32.6 Å². The maximum Gasteiger partial charge on any atom is 0.222 e. The SMILES string of the molecule is CC(C)CCCCCC(=O)N1CCNCC1. The molecule has 0 aromatic rings. The number of carbonyl (C=O) groups is 1. The number of hydrogen-bond donors (Lipinski definition) is 1.